The second-order valence-corrected chi connectivity index (χ2v) is 8.83. The van der Waals surface area contributed by atoms with Gasteiger partial charge in [0, 0.05) is 56.1 Å². The smallest absolute Gasteiger partial charge is 0.193 e. The lowest BCUT2D eigenvalue weighted by atomic mass is 9.54. The summed E-state index contributed by atoms with van der Waals surface area (Å²) >= 11 is 0. The molecule has 1 N–H and O–H groups in total. The van der Waals surface area contributed by atoms with Crippen LogP contribution in [0.3, 0.4) is 0 Å². The van der Waals surface area contributed by atoms with Gasteiger partial charge in [-0.3, -0.25) is 4.99 Å². The zero-order valence-electron chi connectivity index (χ0n) is 15.3. The van der Waals surface area contributed by atoms with Crippen molar-refractivity contribution in [2.45, 2.75) is 57.1 Å². The van der Waals surface area contributed by atoms with Crippen LogP contribution in [-0.4, -0.2) is 63.0 Å². The Morgan fingerprint density at radius 1 is 1.16 bits per heavy atom. The molecule has 25 heavy (non-hydrogen) atoms. The van der Waals surface area contributed by atoms with Gasteiger partial charge in [0.1, 0.15) is 0 Å². The van der Waals surface area contributed by atoms with E-state index in [1.807, 2.05) is 7.05 Å². The molecule has 0 aromatic heterocycles. The third kappa shape index (κ3) is 2.73. The van der Waals surface area contributed by atoms with Crippen LogP contribution in [0.25, 0.3) is 0 Å². The van der Waals surface area contributed by atoms with Crippen molar-refractivity contribution in [3.8, 4) is 0 Å². The van der Waals surface area contributed by atoms with Gasteiger partial charge in [0.15, 0.2) is 5.96 Å². The minimum absolute atomic E-state index is 0. The van der Waals surface area contributed by atoms with E-state index in [0.29, 0.717) is 28.9 Å². The lowest BCUT2D eigenvalue weighted by Crippen LogP contribution is -2.69. The van der Waals surface area contributed by atoms with Crippen molar-refractivity contribution in [2.75, 3.05) is 40.0 Å². The fourth-order valence-electron chi connectivity index (χ4n) is 6.43. The highest BCUT2D eigenvalue weighted by Gasteiger charge is 2.65. The average Bonchev–Trinajstić information content (AvgIpc) is 3.35. The number of hydrogen-bond donors (Lipinski definition) is 1. The third-order valence-electron chi connectivity index (χ3n) is 7.71. The van der Waals surface area contributed by atoms with E-state index in [1.54, 1.807) is 0 Å². The monoisotopic (exact) mass is 461 g/mol. The topological polar surface area (TPSA) is 46.1 Å². The Morgan fingerprint density at radius 3 is 2.72 bits per heavy atom. The molecule has 3 aliphatic heterocycles. The van der Waals surface area contributed by atoms with E-state index in [-0.39, 0.29) is 24.0 Å². The molecule has 0 amide bonds. The molecule has 4 atom stereocenters. The summed E-state index contributed by atoms with van der Waals surface area (Å²) in [5.74, 6) is 1.83. The molecular formula is C19H32IN3O2. The number of ether oxygens (including phenoxy) is 2. The number of guanidine groups is 1. The first-order valence-electron chi connectivity index (χ1n) is 9.94. The summed E-state index contributed by atoms with van der Waals surface area (Å²) in [6, 6.07) is 0.572. The van der Waals surface area contributed by atoms with Crippen molar-refractivity contribution in [3.05, 3.63) is 0 Å². The molecule has 142 valence electrons. The number of fused-ring (bicyclic) bond motifs is 2. The van der Waals surface area contributed by atoms with Crippen molar-refractivity contribution >= 4 is 29.9 Å². The van der Waals surface area contributed by atoms with E-state index in [9.17, 15) is 0 Å². The quantitative estimate of drug-likeness (QED) is 0.371. The maximum atomic E-state index is 6.13. The Kier molecular flexibility index (Phi) is 4.99. The van der Waals surface area contributed by atoms with Crippen molar-refractivity contribution in [2.24, 2.45) is 21.7 Å². The first-order valence-corrected chi connectivity index (χ1v) is 9.94. The molecule has 3 heterocycles. The summed E-state index contributed by atoms with van der Waals surface area (Å²) in [5.41, 5.74) is 0.784. The predicted octanol–water partition coefficient (Wildman–Crippen LogP) is 2.64. The Hall–Kier alpha value is -0.0800. The van der Waals surface area contributed by atoms with Crippen LogP contribution >= 0.6 is 24.0 Å². The Labute approximate surface area is 168 Å². The molecule has 2 spiro atoms. The van der Waals surface area contributed by atoms with Crippen molar-refractivity contribution < 1.29 is 9.47 Å². The zero-order valence-corrected chi connectivity index (χ0v) is 17.7. The molecule has 6 heteroatoms. The van der Waals surface area contributed by atoms with Crippen molar-refractivity contribution in [1.29, 1.82) is 0 Å². The van der Waals surface area contributed by atoms with Crippen LogP contribution in [0.2, 0.25) is 0 Å². The Morgan fingerprint density at radius 2 is 2.00 bits per heavy atom. The summed E-state index contributed by atoms with van der Waals surface area (Å²) in [7, 11) is 1.95. The van der Waals surface area contributed by atoms with Crippen molar-refractivity contribution in [3.63, 3.8) is 0 Å². The molecular weight excluding hydrogens is 429 g/mol. The number of nitrogens with one attached hydrogen (secondary N) is 1. The lowest BCUT2D eigenvalue weighted by molar-refractivity contribution is -0.125. The lowest BCUT2D eigenvalue weighted by Gasteiger charge is -2.57. The van der Waals surface area contributed by atoms with Crippen LogP contribution in [0, 0.1) is 16.7 Å². The highest BCUT2D eigenvalue weighted by Crippen LogP contribution is 2.60. The third-order valence-corrected chi connectivity index (χ3v) is 7.71. The second kappa shape index (κ2) is 6.82. The molecule has 2 aliphatic carbocycles. The largest absolute Gasteiger partial charge is 0.381 e. The van der Waals surface area contributed by atoms with Gasteiger partial charge in [0.05, 0.1) is 12.7 Å². The summed E-state index contributed by atoms with van der Waals surface area (Å²) in [5, 5.41) is 3.91. The molecule has 5 rings (SSSR count). The van der Waals surface area contributed by atoms with E-state index < -0.39 is 0 Å². The van der Waals surface area contributed by atoms with E-state index in [0.717, 1.165) is 38.9 Å². The first-order chi connectivity index (χ1) is 11.8. The van der Waals surface area contributed by atoms with E-state index in [1.165, 1.54) is 44.9 Å². The number of halogens is 1. The molecule has 0 aromatic rings. The first kappa shape index (κ1) is 18.3. The molecule has 5 aliphatic rings. The molecule has 5 fully saturated rings. The Balaban J connectivity index is 0.00000157. The standard InChI is InChI=1S/C19H31N3O2.HI/c1-20-17(22-9-7-18(12-22)8-11-23-13-18)21-15-14-4-10-24-16(14)19(15)5-2-3-6-19;/h14-16H,2-13H2,1H3,(H,20,21);1H. The molecule has 0 bridgehead atoms. The summed E-state index contributed by atoms with van der Waals surface area (Å²) in [4.78, 5) is 7.15. The van der Waals surface area contributed by atoms with Gasteiger partial charge < -0.3 is 19.7 Å². The molecule has 5 nitrogen and oxygen atoms in total. The van der Waals surface area contributed by atoms with Crippen LogP contribution in [0.4, 0.5) is 0 Å². The normalized spacial score (nSPS) is 41.9. The number of nitrogens with zero attached hydrogens (tertiary/aromatic N) is 2. The highest BCUT2D eigenvalue weighted by molar-refractivity contribution is 14.0. The Bertz CT molecular complexity index is 529. The number of hydrogen-bond acceptors (Lipinski definition) is 3. The highest BCUT2D eigenvalue weighted by atomic mass is 127. The molecule has 2 saturated carbocycles. The molecule has 0 radical (unpaired) electrons. The van der Waals surface area contributed by atoms with Gasteiger partial charge in [-0.05, 0) is 32.1 Å². The number of likely N-dealkylation sites (tertiary alicyclic amines) is 1. The van der Waals surface area contributed by atoms with Gasteiger partial charge in [0.2, 0.25) is 0 Å². The van der Waals surface area contributed by atoms with Gasteiger partial charge in [-0.2, -0.15) is 0 Å². The minimum Gasteiger partial charge on any atom is -0.381 e. The maximum absolute atomic E-state index is 6.13. The minimum atomic E-state index is 0. The zero-order chi connectivity index (χ0) is 16.2. The summed E-state index contributed by atoms with van der Waals surface area (Å²) in [6.07, 6.45) is 9.61. The van der Waals surface area contributed by atoms with Crippen LogP contribution in [0.1, 0.15) is 44.9 Å². The average molecular weight is 461 g/mol. The predicted molar refractivity (Wildman–Crippen MR) is 109 cm³/mol. The van der Waals surface area contributed by atoms with Gasteiger partial charge >= 0.3 is 0 Å². The van der Waals surface area contributed by atoms with Crippen molar-refractivity contribution in [1.82, 2.24) is 10.2 Å². The maximum Gasteiger partial charge on any atom is 0.193 e. The van der Waals surface area contributed by atoms with Gasteiger partial charge in [0.25, 0.3) is 0 Å². The van der Waals surface area contributed by atoms with Gasteiger partial charge in [-0.15, -0.1) is 24.0 Å². The fraction of sp³-hybridized carbons (Fsp3) is 0.947. The molecule has 0 aromatic carbocycles. The molecule has 4 unspecified atom stereocenters. The van der Waals surface area contributed by atoms with E-state index in [2.05, 4.69) is 15.2 Å². The SMILES string of the molecule is CN=C(NC1C2CCOC2C12CCCC2)N1CCC2(CCOC2)C1.I. The van der Waals surface area contributed by atoms with Crippen LogP contribution < -0.4 is 5.32 Å². The van der Waals surface area contributed by atoms with E-state index >= 15 is 0 Å². The number of rotatable bonds is 1. The van der Waals surface area contributed by atoms with Crippen LogP contribution in [0.15, 0.2) is 4.99 Å². The fourth-order valence-corrected chi connectivity index (χ4v) is 6.43. The van der Waals surface area contributed by atoms with Gasteiger partial charge in [-0.1, -0.05) is 12.8 Å². The van der Waals surface area contributed by atoms with Crippen LogP contribution in [0.5, 0.6) is 0 Å². The van der Waals surface area contributed by atoms with Gasteiger partial charge in [-0.25, -0.2) is 0 Å². The number of aliphatic imine (C=N–C) groups is 1. The van der Waals surface area contributed by atoms with Crippen LogP contribution in [-0.2, 0) is 9.47 Å². The molecule has 3 saturated heterocycles. The second-order valence-electron chi connectivity index (χ2n) is 8.83. The van der Waals surface area contributed by atoms with E-state index in [4.69, 9.17) is 9.47 Å². The summed E-state index contributed by atoms with van der Waals surface area (Å²) in [6.45, 7) is 5.06. The summed E-state index contributed by atoms with van der Waals surface area (Å²) < 4.78 is 11.8.